The molecule has 0 bridgehead atoms. The summed E-state index contributed by atoms with van der Waals surface area (Å²) in [5.41, 5.74) is 3.62. The summed E-state index contributed by atoms with van der Waals surface area (Å²) < 4.78 is 4.32. The molecular formula is C20H26N4O. The molecule has 0 aliphatic heterocycles. The van der Waals surface area contributed by atoms with E-state index in [1.165, 1.54) is 69.2 Å². The molecule has 2 heterocycles. The van der Waals surface area contributed by atoms with Crippen LogP contribution in [-0.4, -0.2) is 19.2 Å². The van der Waals surface area contributed by atoms with Gasteiger partial charge in [-0.2, -0.15) is 0 Å². The van der Waals surface area contributed by atoms with Crippen LogP contribution in [0.15, 0.2) is 4.79 Å². The van der Waals surface area contributed by atoms with Gasteiger partial charge in [-0.15, -0.1) is 10.2 Å². The van der Waals surface area contributed by atoms with Gasteiger partial charge in [-0.1, -0.05) is 6.42 Å². The second-order valence-electron chi connectivity index (χ2n) is 8.93. The molecule has 0 spiro atoms. The molecule has 0 saturated heterocycles. The van der Waals surface area contributed by atoms with Crippen molar-refractivity contribution >= 4 is 5.65 Å². The third kappa shape index (κ3) is 2.10. The summed E-state index contributed by atoms with van der Waals surface area (Å²) in [6.45, 7) is 0.896. The molecule has 3 fully saturated rings. The fourth-order valence-electron chi connectivity index (χ4n) is 5.16. The minimum Gasteiger partial charge on any atom is -0.307 e. The van der Waals surface area contributed by atoms with E-state index in [9.17, 15) is 4.79 Å². The minimum atomic E-state index is 0.109. The van der Waals surface area contributed by atoms with E-state index in [4.69, 9.17) is 0 Å². The predicted molar refractivity (Wildman–Crippen MR) is 94.9 cm³/mol. The first-order chi connectivity index (χ1) is 12.3. The summed E-state index contributed by atoms with van der Waals surface area (Å²) in [6, 6.07) is 0. The molecule has 4 aliphatic carbocycles. The van der Waals surface area contributed by atoms with E-state index >= 15 is 0 Å². The summed E-state index contributed by atoms with van der Waals surface area (Å²) in [7, 11) is 0. The predicted octanol–water partition coefficient (Wildman–Crippen LogP) is 3.01. The molecule has 0 N–H and O–H groups in total. The Morgan fingerprint density at radius 1 is 0.960 bits per heavy atom. The largest absolute Gasteiger partial charge is 0.307 e. The summed E-state index contributed by atoms with van der Waals surface area (Å²) in [5.74, 6) is 2.62. The first-order valence-electron chi connectivity index (χ1n) is 10.3. The van der Waals surface area contributed by atoms with Gasteiger partial charge < -0.3 is 4.57 Å². The molecule has 0 radical (unpaired) electrons. The van der Waals surface area contributed by atoms with Crippen molar-refractivity contribution in [2.45, 2.75) is 82.6 Å². The van der Waals surface area contributed by atoms with Crippen LogP contribution in [0.25, 0.3) is 5.65 Å². The van der Waals surface area contributed by atoms with Crippen LogP contribution in [0.2, 0.25) is 0 Å². The van der Waals surface area contributed by atoms with E-state index in [0.717, 1.165) is 31.1 Å². The molecule has 0 amide bonds. The minimum absolute atomic E-state index is 0.109. The second-order valence-corrected chi connectivity index (χ2v) is 8.93. The smallest absolute Gasteiger partial charge is 0.296 e. The van der Waals surface area contributed by atoms with E-state index in [-0.39, 0.29) is 11.0 Å². The van der Waals surface area contributed by atoms with Crippen molar-refractivity contribution in [2.24, 2.45) is 11.8 Å². The van der Waals surface area contributed by atoms with Crippen molar-refractivity contribution in [3.8, 4) is 0 Å². The SMILES string of the molecule is O=c1c2nnc(C3(C4CC4)CC3)n2c2c(n1CC1CC1)CCCCC2. The Morgan fingerprint density at radius 3 is 2.40 bits per heavy atom. The monoisotopic (exact) mass is 338 g/mol. The Bertz CT molecular complexity index is 912. The highest BCUT2D eigenvalue weighted by Gasteiger charge is 2.58. The fourth-order valence-corrected chi connectivity index (χ4v) is 5.16. The van der Waals surface area contributed by atoms with Crippen molar-refractivity contribution < 1.29 is 0 Å². The van der Waals surface area contributed by atoms with Crippen LogP contribution in [0.1, 0.15) is 75.0 Å². The Morgan fingerprint density at radius 2 is 1.72 bits per heavy atom. The van der Waals surface area contributed by atoms with Crippen LogP contribution in [0.4, 0.5) is 0 Å². The fraction of sp³-hybridized carbons (Fsp3) is 0.750. The molecule has 0 atom stereocenters. The van der Waals surface area contributed by atoms with Crippen LogP contribution < -0.4 is 5.56 Å². The maximum absolute atomic E-state index is 13.3. The maximum Gasteiger partial charge on any atom is 0.296 e. The number of aromatic nitrogens is 4. The van der Waals surface area contributed by atoms with Crippen LogP contribution in [0.5, 0.6) is 0 Å². The van der Waals surface area contributed by atoms with E-state index in [1.54, 1.807) is 0 Å². The summed E-state index contributed by atoms with van der Waals surface area (Å²) in [4.78, 5) is 13.3. The van der Waals surface area contributed by atoms with Crippen molar-refractivity contribution in [1.82, 2.24) is 19.2 Å². The number of nitrogens with zero attached hydrogens (tertiary/aromatic N) is 4. The van der Waals surface area contributed by atoms with Crippen LogP contribution >= 0.6 is 0 Å². The molecule has 0 aromatic carbocycles. The zero-order valence-electron chi connectivity index (χ0n) is 14.8. The summed E-state index contributed by atoms with van der Waals surface area (Å²) in [6.07, 6.45) is 13.5. The van der Waals surface area contributed by atoms with E-state index in [2.05, 4.69) is 19.2 Å². The molecule has 6 rings (SSSR count). The van der Waals surface area contributed by atoms with E-state index in [1.807, 2.05) is 0 Å². The lowest BCUT2D eigenvalue weighted by molar-refractivity contribution is 0.537. The number of hydrogen-bond donors (Lipinski definition) is 0. The second kappa shape index (κ2) is 4.95. The third-order valence-corrected chi connectivity index (χ3v) is 7.09. The van der Waals surface area contributed by atoms with Gasteiger partial charge in [0.15, 0.2) is 0 Å². The van der Waals surface area contributed by atoms with Gasteiger partial charge >= 0.3 is 0 Å². The first kappa shape index (κ1) is 14.5. The van der Waals surface area contributed by atoms with Gasteiger partial charge in [0.25, 0.3) is 5.56 Å². The van der Waals surface area contributed by atoms with Crippen LogP contribution in [0, 0.1) is 11.8 Å². The quantitative estimate of drug-likeness (QED) is 0.805. The number of fused-ring (bicyclic) bond motifs is 3. The summed E-state index contributed by atoms with van der Waals surface area (Å²) in [5, 5.41) is 9.07. The van der Waals surface area contributed by atoms with Gasteiger partial charge in [-0.3, -0.25) is 9.20 Å². The number of hydrogen-bond acceptors (Lipinski definition) is 3. The molecular weight excluding hydrogens is 312 g/mol. The molecule has 0 unspecified atom stereocenters. The Labute approximate surface area is 147 Å². The van der Waals surface area contributed by atoms with Crippen LogP contribution in [-0.2, 0) is 24.8 Å². The van der Waals surface area contributed by atoms with Crippen molar-refractivity contribution in [3.05, 3.63) is 27.6 Å². The summed E-state index contributed by atoms with van der Waals surface area (Å²) >= 11 is 0. The van der Waals surface area contributed by atoms with E-state index in [0.29, 0.717) is 11.6 Å². The van der Waals surface area contributed by atoms with Gasteiger partial charge in [-0.25, -0.2) is 0 Å². The Hall–Kier alpha value is -1.65. The third-order valence-electron chi connectivity index (χ3n) is 7.09. The maximum atomic E-state index is 13.3. The molecule has 132 valence electrons. The standard InChI is InChI=1S/C20H26N4O/c25-18-17-21-22-19(20(10-11-20)14-8-9-14)24(17)16-5-3-1-2-4-15(16)23(18)12-13-6-7-13/h13-14H,1-12H2. The zero-order valence-corrected chi connectivity index (χ0v) is 14.8. The highest BCUT2D eigenvalue weighted by atomic mass is 16.1. The topological polar surface area (TPSA) is 52.2 Å². The number of aryl methyl sites for hydroxylation is 1. The average Bonchev–Trinajstić information content (AvgIpc) is 3.43. The average molecular weight is 338 g/mol. The Kier molecular flexibility index (Phi) is 2.88. The molecule has 5 heteroatoms. The number of rotatable bonds is 4. The molecule has 4 aliphatic rings. The van der Waals surface area contributed by atoms with Gasteiger partial charge in [0, 0.05) is 23.3 Å². The highest BCUT2D eigenvalue weighted by molar-refractivity contribution is 5.43. The van der Waals surface area contributed by atoms with Crippen molar-refractivity contribution in [3.63, 3.8) is 0 Å². The lowest BCUT2D eigenvalue weighted by Gasteiger charge is -2.20. The molecule has 25 heavy (non-hydrogen) atoms. The molecule has 2 aromatic rings. The zero-order chi connectivity index (χ0) is 16.6. The van der Waals surface area contributed by atoms with Gasteiger partial charge in [0.05, 0.1) is 0 Å². The van der Waals surface area contributed by atoms with E-state index < -0.39 is 0 Å². The van der Waals surface area contributed by atoms with Gasteiger partial charge in [0.2, 0.25) is 5.65 Å². The van der Waals surface area contributed by atoms with Crippen molar-refractivity contribution in [2.75, 3.05) is 0 Å². The normalized spacial score (nSPS) is 25.0. The Balaban J connectivity index is 1.62. The lowest BCUT2D eigenvalue weighted by atomic mass is 9.99. The van der Waals surface area contributed by atoms with Crippen LogP contribution in [0.3, 0.4) is 0 Å². The van der Waals surface area contributed by atoms with Gasteiger partial charge in [0.1, 0.15) is 5.82 Å². The molecule has 5 nitrogen and oxygen atoms in total. The van der Waals surface area contributed by atoms with Crippen molar-refractivity contribution in [1.29, 1.82) is 0 Å². The lowest BCUT2D eigenvalue weighted by Crippen LogP contribution is -2.30. The highest BCUT2D eigenvalue weighted by Crippen LogP contribution is 2.61. The first-order valence-corrected chi connectivity index (χ1v) is 10.3. The van der Waals surface area contributed by atoms with Gasteiger partial charge in [-0.05, 0) is 76.0 Å². The molecule has 3 saturated carbocycles. The molecule has 2 aromatic heterocycles.